The number of allylic oxidation sites excluding steroid dienone is 3. The van der Waals surface area contributed by atoms with Gasteiger partial charge < -0.3 is 5.84 Å². The molecule has 0 bridgehead atoms. The van der Waals surface area contributed by atoms with Crippen molar-refractivity contribution in [2.24, 2.45) is 0 Å². The van der Waals surface area contributed by atoms with Gasteiger partial charge >= 0.3 is 0 Å². The minimum absolute atomic E-state index is 1.04. The van der Waals surface area contributed by atoms with Crippen molar-refractivity contribution in [3.8, 4) is 0 Å². The lowest BCUT2D eigenvalue weighted by atomic mass is 9.88. The van der Waals surface area contributed by atoms with Gasteiger partial charge in [0.25, 0.3) is 0 Å². The van der Waals surface area contributed by atoms with Crippen molar-refractivity contribution in [2.75, 3.05) is 0 Å². The van der Waals surface area contributed by atoms with Gasteiger partial charge in [0.2, 0.25) is 11.4 Å². The van der Waals surface area contributed by atoms with Gasteiger partial charge in [-0.3, -0.25) is 0 Å². The first-order valence-electron chi connectivity index (χ1n) is 34.1. The van der Waals surface area contributed by atoms with Gasteiger partial charge in [-0.25, -0.2) is 4.68 Å². The monoisotopic (exact) mass is 1030 g/mol. The lowest BCUT2D eigenvalue weighted by Crippen LogP contribution is -2.13. The van der Waals surface area contributed by atoms with E-state index in [9.17, 15) is 5.84 Å². The summed E-state index contributed by atoms with van der Waals surface area (Å²) in [6, 6.07) is 15.3. The highest BCUT2D eigenvalue weighted by Crippen LogP contribution is 2.39. The first kappa shape index (κ1) is 66.7. The van der Waals surface area contributed by atoms with E-state index in [1.807, 2.05) is 4.68 Å². The average molecular weight is 1030 g/mol. The molecule has 428 valence electrons. The van der Waals surface area contributed by atoms with Crippen molar-refractivity contribution >= 4 is 11.4 Å². The second-order valence-corrected chi connectivity index (χ2v) is 24.2. The lowest BCUT2D eigenvalue weighted by molar-refractivity contribution is -0.347. The quantitative estimate of drug-likeness (QED) is 0.0466. The van der Waals surface area contributed by atoms with E-state index in [0.29, 0.717) is 0 Å². The molecule has 2 nitrogen and oxygen atoms in total. The van der Waals surface area contributed by atoms with E-state index in [0.717, 1.165) is 50.7 Å². The third-order valence-corrected chi connectivity index (χ3v) is 16.9. The molecule has 1 heterocycles. The number of unbranched alkanes of at least 4 members (excludes halogenated alkanes) is 39. The molecule has 0 atom stereocenters. The van der Waals surface area contributed by atoms with Crippen LogP contribution in [0.4, 0.5) is 0 Å². The Morgan fingerprint density at radius 3 is 0.853 bits per heavy atom. The Hall–Kier alpha value is -2.61. The van der Waals surface area contributed by atoms with Crippen LogP contribution in [0.15, 0.2) is 53.6 Å². The fourth-order valence-corrected chi connectivity index (χ4v) is 12.1. The maximum absolute atomic E-state index is 10.4. The molecule has 75 heavy (non-hydrogen) atoms. The Morgan fingerprint density at radius 2 is 0.560 bits per heavy atom. The Morgan fingerprint density at radius 1 is 0.293 bits per heavy atom. The first-order valence-corrected chi connectivity index (χ1v) is 34.1. The number of hydrogen-bond donors (Lipinski definition) is 0. The zero-order valence-corrected chi connectivity index (χ0v) is 51.3. The highest BCUT2D eigenvalue weighted by atomic mass is 15.3. The Labute approximate surface area is 469 Å². The van der Waals surface area contributed by atoms with Crippen molar-refractivity contribution in [2.45, 2.75) is 363 Å². The van der Waals surface area contributed by atoms with Crippen LogP contribution in [0.1, 0.15) is 370 Å². The Balaban J connectivity index is 1.97. The maximum atomic E-state index is 10.4. The molecule has 0 spiro atoms. The van der Waals surface area contributed by atoms with Crippen LogP contribution in [0.3, 0.4) is 0 Å². The Kier molecular flexibility index (Phi) is 41.2. The average Bonchev–Trinajstić information content (AvgIpc) is 3.69. The minimum atomic E-state index is 1.04. The van der Waals surface area contributed by atoms with Crippen LogP contribution in [-0.2, 0) is 25.7 Å². The summed E-state index contributed by atoms with van der Waals surface area (Å²) in [5.41, 5.74) is 13.8. The SMILES string of the molecule is CCCCC=C1C(CCCC)=C(c2cc(CCCCCCCCCCCC)cc(CCCCCCCCCCCC)c2)[N+]([NH-])=C1c1cc(CCCCCCCCCCCC)cc(CCCCCCCCCCCC)c1. The van der Waals surface area contributed by atoms with Crippen LogP contribution in [0.5, 0.6) is 0 Å². The largest absolute Gasteiger partial charge is 0.448 e. The van der Waals surface area contributed by atoms with E-state index in [-0.39, 0.29) is 0 Å². The molecule has 0 aromatic heterocycles. The van der Waals surface area contributed by atoms with Gasteiger partial charge in [-0.1, -0.05) is 310 Å². The van der Waals surface area contributed by atoms with Crippen LogP contribution < -0.4 is 0 Å². The first-order chi connectivity index (χ1) is 37.0. The van der Waals surface area contributed by atoms with Gasteiger partial charge in [-0.2, -0.15) is 0 Å². The summed E-state index contributed by atoms with van der Waals surface area (Å²) in [7, 11) is 0. The van der Waals surface area contributed by atoms with Crippen LogP contribution in [0.25, 0.3) is 11.5 Å². The highest BCUT2D eigenvalue weighted by Gasteiger charge is 2.35. The molecule has 0 amide bonds. The number of hydrogen-bond acceptors (Lipinski definition) is 0. The molecule has 2 aromatic rings. The van der Waals surface area contributed by atoms with Crippen molar-refractivity contribution in [1.29, 1.82) is 0 Å². The minimum Gasteiger partial charge on any atom is -0.448 e. The number of aryl methyl sites for hydroxylation is 4. The molecule has 0 aliphatic carbocycles. The molecule has 0 radical (unpaired) electrons. The molecule has 2 aromatic carbocycles. The molecule has 0 saturated heterocycles. The molecule has 2 heteroatoms. The van der Waals surface area contributed by atoms with Crippen molar-refractivity contribution < 1.29 is 4.68 Å². The van der Waals surface area contributed by atoms with Crippen LogP contribution in [-0.4, -0.2) is 10.4 Å². The summed E-state index contributed by atoms with van der Waals surface area (Å²) in [5, 5.41) is 0. The van der Waals surface area contributed by atoms with E-state index in [1.54, 1.807) is 0 Å². The fraction of sp³-hybridized carbons (Fsp3) is 0.767. The fourth-order valence-electron chi connectivity index (χ4n) is 12.1. The zero-order valence-electron chi connectivity index (χ0n) is 51.3. The van der Waals surface area contributed by atoms with Gasteiger partial charge in [0, 0.05) is 16.7 Å². The molecule has 0 fully saturated rings. The van der Waals surface area contributed by atoms with Crippen molar-refractivity contribution in [3.05, 3.63) is 92.8 Å². The van der Waals surface area contributed by atoms with E-state index >= 15 is 0 Å². The summed E-state index contributed by atoms with van der Waals surface area (Å²) < 4.78 is 1.97. The summed E-state index contributed by atoms with van der Waals surface area (Å²) in [5.74, 6) is 10.4. The summed E-state index contributed by atoms with van der Waals surface area (Å²) in [6.07, 6.45) is 69.2. The number of benzene rings is 2. The molecular formula is C73H126N2. The van der Waals surface area contributed by atoms with Crippen molar-refractivity contribution in [1.82, 2.24) is 0 Å². The van der Waals surface area contributed by atoms with Crippen LogP contribution in [0, 0.1) is 0 Å². The maximum Gasteiger partial charge on any atom is 0.215 e. The van der Waals surface area contributed by atoms with E-state index in [1.165, 1.54) is 326 Å². The Bertz CT molecular complexity index is 1690. The molecule has 1 N–H and O–H groups in total. The van der Waals surface area contributed by atoms with Gasteiger partial charge in [0.15, 0.2) is 0 Å². The lowest BCUT2D eigenvalue weighted by Gasteiger charge is -2.14. The summed E-state index contributed by atoms with van der Waals surface area (Å²) >= 11 is 0. The van der Waals surface area contributed by atoms with Crippen LogP contribution in [0.2, 0.25) is 0 Å². The van der Waals surface area contributed by atoms with Crippen LogP contribution >= 0.6 is 0 Å². The predicted molar refractivity (Wildman–Crippen MR) is 338 cm³/mol. The smallest absolute Gasteiger partial charge is 0.215 e. The third kappa shape index (κ3) is 30.4. The zero-order chi connectivity index (χ0) is 53.7. The van der Waals surface area contributed by atoms with E-state index in [4.69, 9.17) is 0 Å². The summed E-state index contributed by atoms with van der Waals surface area (Å²) in [4.78, 5) is 0. The normalized spacial score (nSPS) is 13.4. The molecule has 1 aliphatic rings. The van der Waals surface area contributed by atoms with E-state index < -0.39 is 0 Å². The predicted octanol–water partition coefficient (Wildman–Crippen LogP) is 25.0. The molecule has 3 rings (SSSR count). The van der Waals surface area contributed by atoms with Crippen molar-refractivity contribution in [3.63, 3.8) is 0 Å². The molecule has 0 unspecified atom stereocenters. The standard InChI is InChI=1S/C73H126N2/c1-7-13-19-23-27-31-35-39-43-48-52-64-58-65(53-49-44-40-36-32-28-24-20-14-8-2)61-68(60-64)72-70(56-18-12-6)71(57-47-17-11-5)73(75(72)74)69-62-66(54-50-45-41-37-33-29-25-21-15-9-3)59-67(63-69)55-51-46-42-38-34-30-26-22-16-10-4/h57-63,74H,7-56H2,1-6H3. The van der Waals surface area contributed by atoms with Gasteiger partial charge in [-0.15, -0.1) is 0 Å². The number of nitrogens with one attached hydrogen (secondary N) is 1. The molecule has 0 saturated carbocycles. The summed E-state index contributed by atoms with van der Waals surface area (Å²) in [6.45, 7) is 14.0. The number of nitrogens with zero attached hydrogens (tertiary/aromatic N) is 1. The topological polar surface area (TPSA) is 26.8 Å². The second kappa shape index (κ2) is 46.3. The van der Waals surface area contributed by atoms with Gasteiger partial charge in [0.05, 0.1) is 5.57 Å². The van der Waals surface area contributed by atoms with Gasteiger partial charge in [0.1, 0.15) is 0 Å². The van der Waals surface area contributed by atoms with E-state index in [2.05, 4.69) is 84.0 Å². The number of rotatable bonds is 52. The molecular weight excluding hydrogens is 905 g/mol. The second-order valence-electron chi connectivity index (χ2n) is 24.2. The molecule has 1 aliphatic heterocycles. The third-order valence-electron chi connectivity index (χ3n) is 16.9. The van der Waals surface area contributed by atoms with Gasteiger partial charge in [-0.05, 0) is 117 Å². The highest BCUT2D eigenvalue weighted by molar-refractivity contribution is 6.16.